The van der Waals surface area contributed by atoms with Crippen molar-refractivity contribution in [1.82, 2.24) is 5.32 Å². The van der Waals surface area contributed by atoms with E-state index in [4.69, 9.17) is 0 Å². The van der Waals surface area contributed by atoms with Gasteiger partial charge in [0.15, 0.2) is 0 Å². The molecule has 1 rings (SSSR count). The molecule has 0 fully saturated rings. The topological polar surface area (TPSA) is 29.1 Å². The molecular formula is C13H25NOS. The van der Waals surface area contributed by atoms with Crippen molar-refractivity contribution in [2.45, 2.75) is 39.7 Å². The van der Waals surface area contributed by atoms with Gasteiger partial charge in [0.05, 0.1) is 0 Å². The molecule has 94 valence electrons. The van der Waals surface area contributed by atoms with Gasteiger partial charge in [-0.1, -0.05) is 18.6 Å². The van der Waals surface area contributed by atoms with Gasteiger partial charge >= 0.3 is 0 Å². The fourth-order valence-corrected chi connectivity index (χ4v) is 3.30. The van der Waals surface area contributed by atoms with E-state index < -0.39 is 10.8 Å². The monoisotopic (exact) mass is 243 g/mol. The summed E-state index contributed by atoms with van der Waals surface area (Å²) in [6.07, 6.45) is 6.68. The molecule has 0 radical (unpaired) electrons. The van der Waals surface area contributed by atoms with Crippen LogP contribution < -0.4 is 5.32 Å². The van der Waals surface area contributed by atoms with Crippen molar-refractivity contribution in [3.8, 4) is 0 Å². The Hall–Kier alpha value is -0.150. The van der Waals surface area contributed by atoms with Crippen LogP contribution in [0.15, 0.2) is 11.6 Å². The molecule has 0 unspecified atom stereocenters. The Morgan fingerprint density at radius 3 is 2.88 bits per heavy atom. The lowest BCUT2D eigenvalue weighted by Gasteiger charge is -2.30. The third kappa shape index (κ3) is 4.38. The zero-order valence-electron chi connectivity index (χ0n) is 11.0. The third-order valence-electron chi connectivity index (χ3n) is 3.53. The van der Waals surface area contributed by atoms with Crippen LogP contribution in [0, 0.1) is 11.8 Å². The van der Waals surface area contributed by atoms with E-state index in [-0.39, 0.29) is 0 Å². The third-order valence-corrected chi connectivity index (χ3v) is 4.50. The summed E-state index contributed by atoms with van der Waals surface area (Å²) in [5, 5.41) is 3.51. The molecule has 0 saturated carbocycles. The summed E-state index contributed by atoms with van der Waals surface area (Å²) < 4.78 is 11.1. The molecule has 16 heavy (non-hydrogen) atoms. The summed E-state index contributed by atoms with van der Waals surface area (Å²) in [6.45, 7) is 7.73. The van der Waals surface area contributed by atoms with E-state index in [1.54, 1.807) is 6.26 Å². The van der Waals surface area contributed by atoms with E-state index in [1.807, 2.05) is 0 Å². The summed E-state index contributed by atoms with van der Waals surface area (Å²) in [6, 6.07) is 0.354. The first-order valence-corrected chi connectivity index (χ1v) is 7.93. The van der Waals surface area contributed by atoms with E-state index in [9.17, 15) is 4.21 Å². The van der Waals surface area contributed by atoms with Gasteiger partial charge in [-0.2, -0.15) is 0 Å². The lowest BCUT2D eigenvalue weighted by atomic mass is 9.80. The van der Waals surface area contributed by atoms with Crippen LogP contribution >= 0.6 is 0 Å². The highest BCUT2D eigenvalue weighted by molar-refractivity contribution is 7.84. The summed E-state index contributed by atoms with van der Waals surface area (Å²) in [7, 11) is -0.697. The summed E-state index contributed by atoms with van der Waals surface area (Å²) in [5.74, 6) is 2.20. The Kier molecular flexibility index (Phi) is 5.70. The molecule has 0 aliphatic heterocycles. The minimum atomic E-state index is -0.697. The standard InChI is InChI=1S/C13H25NOS/c1-10-6-5-7-11(2)13(10)8-14-12(3)9-16(4)15/h6,11-14H,5,7-9H2,1-4H3/t11-,12+,13+,16+/m0/s1. The zero-order valence-corrected chi connectivity index (χ0v) is 11.8. The SMILES string of the molecule is CC1=CCC[C@H](C)[C@@H]1CN[C@H](C)C[S@@](C)=O. The van der Waals surface area contributed by atoms with Crippen LogP contribution in [0.4, 0.5) is 0 Å². The number of rotatable bonds is 5. The van der Waals surface area contributed by atoms with Gasteiger partial charge in [0, 0.05) is 35.4 Å². The molecule has 0 aromatic rings. The van der Waals surface area contributed by atoms with Crippen molar-refractivity contribution in [1.29, 1.82) is 0 Å². The average molecular weight is 243 g/mol. The van der Waals surface area contributed by atoms with Gasteiger partial charge in [0.25, 0.3) is 0 Å². The lowest BCUT2D eigenvalue weighted by Crippen LogP contribution is -2.37. The van der Waals surface area contributed by atoms with E-state index in [0.29, 0.717) is 12.0 Å². The van der Waals surface area contributed by atoms with Crippen LogP contribution in [0.3, 0.4) is 0 Å². The van der Waals surface area contributed by atoms with Gasteiger partial charge < -0.3 is 5.32 Å². The van der Waals surface area contributed by atoms with Crippen molar-refractivity contribution in [3.63, 3.8) is 0 Å². The van der Waals surface area contributed by atoms with E-state index >= 15 is 0 Å². The predicted octanol–water partition coefficient (Wildman–Crippen LogP) is 2.34. The van der Waals surface area contributed by atoms with Crippen LogP contribution in [0.25, 0.3) is 0 Å². The fraction of sp³-hybridized carbons (Fsp3) is 0.846. The number of nitrogens with one attached hydrogen (secondary N) is 1. The van der Waals surface area contributed by atoms with Crippen molar-refractivity contribution >= 4 is 10.8 Å². The van der Waals surface area contributed by atoms with Crippen molar-refractivity contribution in [2.24, 2.45) is 11.8 Å². The molecule has 0 aromatic heterocycles. The molecule has 0 saturated heterocycles. The normalized spacial score (nSPS) is 29.6. The Bertz CT molecular complexity index is 275. The van der Waals surface area contributed by atoms with Crippen LogP contribution in [0.5, 0.6) is 0 Å². The quantitative estimate of drug-likeness (QED) is 0.751. The minimum Gasteiger partial charge on any atom is -0.313 e. The smallest absolute Gasteiger partial charge is 0.0383 e. The van der Waals surface area contributed by atoms with E-state index in [1.165, 1.54) is 18.4 Å². The van der Waals surface area contributed by atoms with Crippen molar-refractivity contribution in [3.05, 3.63) is 11.6 Å². The van der Waals surface area contributed by atoms with Gasteiger partial charge in [0.1, 0.15) is 0 Å². The number of hydrogen-bond acceptors (Lipinski definition) is 2. The number of allylic oxidation sites excluding steroid dienone is 1. The molecule has 0 amide bonds. The highest BCUT2D eigenvalue weighted by atomic mass is 32.2. The second-order valence-electron chi connectivity index (χ2n) is 5.16. The second-order valence-corrected chi connectivity index (χ2v) is 6.64. The average Bonchev–Trinajstić information content (AvgIpc) is 2.15. The van der Waals surface area contributed by atoms with Crippen molar-refractivity contribution < 1.29 is 4.21 Å². The van der Waals surface area contributed by atoms with Crippen LogP contribution in [0.2, 0.25) is 0 Å². The Morgan fingerprint density at radius 2 is 2.31 bits per heavy atom. The summed E-state index contributed by atoms with van der Waals surface area (Å²) in [4.78, 5) is 0. The maximum atomic E-state index is 11.1. The molecule has 3 heteroatoms. The van der Waals surface area contributed by atoms with Gasteiger partial charge in [0.2, 0.25) is 0 Å². The Balaban J connectivity index is 2.38. The molecule has 0 aromatic carbocycles. The molecule has 2 nitrogen and oxygen atoms in total. The molecule has 0 bridgehead atoms. The lowest BCUT2D eigenvalue weighted by molar-refractivity contribution is 0.342. The summed E-state index contributed by atoms with van der Waals surface area (Å²) >= 11 is 0. The van der Waals surface area contributed by atoms with E-state index in [2.05, 4.69) is 32.2 Å². The van der Waals surface area contributed by atoms with Crippen LogP contribution in [-0.4, -0.2) is 28.8 Å². The van der Waals surface area contributed by atoms with Gasteiger partial charge in [-0.05, 0) is 38.5 Å². The molecule has 1 aliphatic rings. The molecule has 4 atom stereocenters. The van der Waals surface area contributed by atoms with Gasteiger partial charge in [-0.15, -0.1) is 0 Å². The first-order valence-electron chi connectivity index (χ1n) is 6.20. The highest BCUT2D eigenvalue weighted by Crippen LogP contribution is 2.29. The molecule has 1 aliphatic carbocycles. The fourth-order valence-electron chi connectivity index (χ4n) is 2.48. The molecule has 1 N–H and O–H groups in total. The van der Waals surface area contributed by atoms with Crippen LogP contribution in [0.1, 0.15) is 33.6 Å². The predicted molar refractivity (Wildman–Crippen MR) is 72.0 cm³/mol. The second kappa shape index (κ2) is 6.55. The van der Waals surface area contributed by atoms with E-state index in [0.717, 1.165) is 18.2 Å². The van der Waals surface area contributed by atoms with Gasteiger partial charge in [-0.3, -0.25) is 4.21 Å². The Morgan fingerprint density at radius 1 is 1.62 bits per heavy atom. The largest absolute Gasteiger partial charge is 0.313 e. The highest BCUT2D eigenvalue weighted by Gasteiger charge is 2.22. The Labute approximate surface area is 102 Å². The first kappa shape index (κ1) is 13.9. The maximum absolute atomic E-state index is 11.1. The minimum absolute atomic E-state index is 0.354. The molecular weight excluding hydrogens is 218 g/mol. The summed E-state index contributed by atoms with van der Waals surface area (Å²) in [5.41, 5.74) is 1.52. The number of hydrogen-bond donors (Lipinski definition) is 1. The first-order chi connectivity index (χ1) is 7.50. The van der Waals surface area contributed by atoms with Gasteiger partial charge in [-0.25, -0.2) is 0 Å². The molecule has 0 heterocycles. The maximum Gasteiger partial charge on any atom is 0.0383 e. The van der Waals surface area contributed by atoms with Crippen molar-refractivity contribution in [2.75, 3.05) is 18.6 Å². The van der Waals surface area contributed by atoms with Crippen LogP contribution in [-0.2, 0) is 10.8 Å². The molecule has 0 spiro atoms. The zero-order chi connectivity index (χ0) is 12.1.